The first-order chi connectivity index (χ1) is 6.99. The Morgan fingerprint density at radius 2 is 2.07 bits per heavy atom. The Kier molecular flexibility index (Phi) is 4.36. The maximum Gasteiger partial charge on any atom is 0.152 e. The summed E-state index contributed by atoms with van der Waals surface area (Å²) in [7, 11) is 0. The molecule has 0 aliphatic carbocycles. The molecule has 0 unspecified atom stereocenters. The van der Waals surface area contributed by atoms with E-state index in [0.717, 1.165) is 18.8 Å². The van der Waals surface area contributed by atoms with Crippen molar-refractivity contribution in [2.75, 3.05) is 18.4 Å². The Bertz CT molecular complexity index is 307. The zero-order valence-corrected chi connectivity index (χ0v) is 10.2. The first-order valence-corrected chi connectivity index (χ1v) is 5.46. The molecule has 84 valence electrons. The fraction of sp³-hybridized carbons (Fsp3) is 0.545. The zero-order chi connectivity index (χ0) is 11.3. The number of anilines is 1. The van der Waals surface area contributed by atoms with Crippen LogP contribution >= 0.6 is 11.6 Å². The van der Waals surface area contributed by atoms with Crippen molar-refractivity contribution < 1.29 is 0 Å². The highest BCUT2D eigenvalue weighted by molar-refractivity contribution is 6.31. The van der Waals surface area contributed by atoms with Gasteiger partial charge in [-0.15, -0.1) is 0 Å². The van der Waals surface area contributed by atoms with E-state index in [-0.39, 0.29) is 5.54 Å². The predicted molar refractivity (Wildman–Crippen MR) is 65.5 cm³/mol. The molecule has 3 nitrogen and oxygen atoms in total. The minimum Gasteiger partial charge on any atom is -0.381 e. The van der Waals surface area contributed by atoms with Crippen molar-refractivity contribution >= 4 is 17.3 Å². The molecule has 0 atom stereocenters. The lowest BCUT2D eigenvalue weighted by Crippen LogP contribution is -2.38. The van der Waals surface area contributed by atoms with Crippen molar-refractivity contribution in [3.8, 4) is 0 Å². The molecule has 1 heterocycles. The summed E-state index contributed by atoms with van der Waals surface area (Å²) in [6, 6.07) is 3.79. The van der Waals surface area contributed by atoms with E-state index in [1.54, 1.807) is 6.20 Å². The Balaban J connectivity index is 2.30. The maximum atomic E-state index is 5.90. The molecule has 0 saturated carbocycles. The first kappa shape index (κ1) is 12.3. The second-order valence-electron chi connectivity index (χ2n) is 4.45. The normalized spacial score (nSPS) is 11.5. The van der Waals surface area contributed by atoms with Gasteiger partial charge in [-0.1, -0.05) is 11.6 Å². The van der Waals surface area contributed by atoms with Crippen LogP contribution < -0.4 is 10.6 Å². The Morgan fingerprint density at radius 1 is 1.33 bits per heavy atom. The third-order valence-corrected chi connectivity index (χ3v) is 2.16. The van der Waals surface area contributed by atoms with Gasteiger partial charge < -0.3 is 10.6 Å². The van der Waals surface area contributed by atoms with E-state index in [1.807, 2.05) is 12.1 Å². The van der Waals surface area contributed by atoms with Gasteiger partial charge in [0.05, 0.1) is 5.69 Å². The Labute approximate surface area is 96.2 Å². The van der Waals surface area contributed by atoms with Gasteiger partial charge in [0.2, 0.25) is 0 Å². The molecular formula is C11H18ClN3. The summed E-state index contributed by atoms with van der Waals surface area (Å²) in [6.07, 6.45) is 1.68. The van der Waals surface area contributed by atoms with Crippen LogP contribution in [0.4, 0.5) is 5.69 Å². The molecule has 0 amide bonds. The SMILES string of the molecule is CC(C)(C)NCCNc1cccnc1Cl. The topological polar surface area (TPSA) is 37.0 Å². The van der Waals surface area contributed by atoms with Crippen molar-refractivity contribution in [3.05, 3.63) is 23.5 Å². The predicted octanol–water partition coefficient (Wildman–Crippen LogP) is 2.54. The molecule has 0 bridgehead atoms. The standard InChI is InChI=1S/C11H18ClN3/c1-11(2,3)15-8-7-13-9-5-4-6-14-10(9)12/h4-6,13,15H,7-8H2,1-3H3. The van der Waals surface area contributed by atoms with Crippen LogP contribution in [0.5, 0.6) is 0 Å². The van der Waals surface area contributed by atoms with E-state index in [2.05, 4.69) is 36.4 Å². The molecule has 0 aromatic carbocycles. The highest BCUT2D eigenvalue weighted by Gasteiger charge is 2.07. The summed E-state index contributed by atoms with van der Waals surface area (Å²) < 4.78 is 0. The minimum atomic E-state index is 0.153. The number of aromatic nitrogens is 1. The quantitative estimate of drug-likeness (QED) is 0.613. The van der Waals surface area contributed by atoms with Crippen LogP contribution in [0.15, 0.2) is 18.3 Å². The molecule has 1 rings (SSSR count). The molecule has 1 aromatic heterocycles. The average Bonchev–Trinajstić information content (AvgIpc) is 2.13. The number of hydrogen-bond acceptors (Lipinski definition) is 3. The number of halogens is 1. The van der Waals surface area contributed by atoms with Crippen LogP contribution in [0.2, 0.25) is 5.15 Å². The van der Waals surface area contributed by atoms with Crippen LogP contribution in [0.1, 0.15) is 20.8 Å². The number of hydrogen-bond donors (Lipinski definition) is 2. The van der Waals surface area contributed by atoms with Gasteiger partial charge in [0.15, 0.2) is 5.15 Å². The fourth-order valence-electron chi connectivity index (χ4n) is 1.15. The molecule has 4 heteroatoms. The fourth-order valence-corrected chi connectivity index (χ4v) is 1.34. The van der Waals surface area contributed by atoms with Crippen molar-refractivity contribution in [2.45, 2.75) is 26.3 Å². The van der Waals surface area contributed by atoms with Gasteiger partial charge in [-0.25, -0.2) is 4.98 Å². The van der Waals surface area contributed by atoms with Gasteiger partial charge in [-0.2, -0.15) is 0 Å². The van der Waals surface area contributed by atoms with Crippen LogP contribution in [-0.4, -0.2) is 23.6 Å². The molecule has 0 radical (unpaired) electrons. The van der Waals surface area contributed by atoms with Crippen molar-refractivity contribution in [1.29, 1.82) is 0 Å². The molecule has 2 N–H and O–H groups in total. The summed E-state index contributed by atoms with van der Waals surface area (Å²) in [4.78, 5) is 3.99. The number of pyridine rings is 1. The lowest BCUT2D eigenvalue weighted by molar-refractivity contribution is 0.435. The first-order valence-electron chi connectivity index (χ1n) is 5.08. The van der Waals surface area contributed by atoms with Crippen LogP contribution in [0.3, 0.4) is 0 Å². The van der Waals surface area contributed by atoms with Crippen molar-refractivity contribution in [1.82, 2.24) is 10.3 Å². The third-order valence-electron chi connectivity index (χ3n) is 1.85. The summed E-state index contributed by atoms with van der Waals surface area (Å²) in [5.41, 5.74) is 1.04. The summed E-state index contributed by atoms with van der Waals surface area (Å²) in [5, 5.41) is 7.14. The summed E-state index contributed by atoms with van der Waals surface area (Å²) >= 11 is 5.90. The minimum absolute atomic E-state index is 0.153. The van der Waals surface area contributed by atoms with E-state index in [0.29, 0.717) is 5.15 Å². The second kappa shape index (κ2) is 5.33. The molecule has 0 aliphatic rings. The molecule has 0 saturated heterocycles. The molecule has 1 aromatic rings. The van der Waals surface area contributed by atoms with Crippen molar-refractivity contribution in [3.63, 3.8) is 0 Å². The van der Waals surface area contributed by atoms with E-state index < -0.39 is 0 Å². The number of nitrogens with one attached hydrogen (secondary N) is 2. The third kappa shape index (κ3) is 5.00. The largest absolute Gasteiger partial charge is 0.381 e. The molecule has 0 aliphatic heterocycles. The average molecular weight is 228 g/mol. The van der Waals surface area contributed by atoms with Crippen LogP contribution in [0, 0.1) is 0 Å². The van der Waals surface area contributed by atoms with Gasteiger partial charge in [0.1, 0.15) is 0 Å². The van der Waals surface area contributed by atoms with Gasteiger partial charge in [0.25, 0.3) is 0 Å². The Morgan fingerprint density at radius 3 is 2.67 bits per heavy atom. The van der Waals surface area contributed by atoms with E-state index in [4.69, 9.17) is 11.6 Å². The van der Waals surface area contributed by atoms with Crippen LogP contribution in [-0.2, 0) is 0 Å². The lowest BCUT2D eigenvalue weighted by atomic mass is 10.1. The van der Waals surface area contributed by atoms with Gasteiger partial charge in [-0.05, 0) is 32.9 Å². The van der Waals surface area contributed by atoms with Gasteiger partial charge in [0, 0.05) is 24.8 Å². The summed E-state index contributed by atoms with van der Waals surface area (Å²) in [5.74, 6) is 0. The summed E-state index contributed by atoms with van der Waals surface area (Å²) in [6.45, 7) is 8.16. The zero-order valence-electron chi connectivity index (χ0n) is 9.47. The van der Waals surface area contributed by atoms with Gasteiger partial charge in [-0.3, -0.25) is 0 Å². The van der Waals surface area contributed by atoms with E-state index in [9.17, 15) is 0 Å². The molecule has 15 heavy (non-hydrogen) atoms. The highest BCUT2D eigenvalue weighted by atomic mass is 35.5. The molecular weight excluding hydrogens is 210 g/mol. The molecule has 0 fully saturated rings. The smallest absolute Gasteiger partial charge is 0.152 e. The van der Waals surface area contributed by atoms with E-state index in [1.165, 1.54) is 0 Å². The second-order valence-corrected chi connectivity index (χ2v) is 4.80. The lowest BCUT2D eigenvalue weighted by Gasteiger charge is -2.20. The Hall–Kier alpha value is -0.800. The van der Waals surface area contributed by atoms with Crippen LogP contribution in [0.25, 0.3) is 0 Å². The maximum absolute atomic E-state index is 5.90. The van der Waals surface area contributed by atoms with Crippen molar-refractivity contribution in [2.24, 2.45) is 0 Å². The van der Waals surface area contributed by atoms with Gasteiger partial charge >= 0.3 is 0 Å². The van der Waals surface area contributed by atoms with E-state index >= 15 is 0 Å². The monoisotopic (exact) mass is 227 g/mol. The number of rotatable bonds is 4. The number of nitrogens with zero attached hydrogens (tertiary/aromatic N) is 1. The highest BCUT2D eigenvalue weighted by Crippen LogP contribution is 2.16. The molecule has 0 spiro atoms.